The van der Waals surface area contributed by atoms with Crippen molar-refractivity contribution in [3.63, 3.8) is 0 Å². The van der Waals surface area contributed by atoms with Gasteiger partial charge in [0.1, 0.15) is 5.75 Å². The molecule has 7 heteroatoms. The van der Waals surface area contributed by atoms with Crippen LogP contribution in [-0.4, -0.2) is 49.7 Å². The summed E-state index contributed by atoms with van der Waals surface area (Å²) in [7, 11) is 3.74. The first-order valence-electron chi connectivity index (χ1n) is 9.01. The molecule has 0 saturated carbocycles. The Balaban J connectivity index is 1.56. The van der Waals surface area contributed by atoms with E-state index in [1.807, 2.05) is 13.1 Å². The Kier molecular flexibility index (Phi) is 6.59. The van der Waals surface area contributed by atoms with Gasteiger partial charge in [-0.3, -0.25) is 9.98 Å². The van der Waals surface area contributed by atoms with Gasteiger partial charge in [0.15, 0.2) is 17.5 Å². The first-order chi connectivity index (χ1) is 13.2. The summed E-state index contributed by atoms with van der Waals surface area (Å²) in [6.45, 7) is 2.98. The molecule has 3 rings (SSSR count). The van der Waals surface area contributed by atoms with Crippen LogP contribution in [0, 0.1) is 11.7 Å². The molecular weight excluding hydrogens is 347 g/mol. The Labute approximate surface area is 159 Å². The van der Waals surface area contributed by atoms with Crippen molar-refractivity contribution < 1.29 is 13.9 Å². The highest BCUT2D eigenvalue weighted by Crippen LogP contribution is 2.24. The summed E-state index contributed by atoms with van der Waals surface area (Å²) in [5.41, 5.74) is 0.810. The van der Waals surface area contributed by atoms with Crippen LogP contribution in [0.5, 0.6) is 11.5 Å². The van der Waals surface area contributed by atoms with Gasteiger partial charge in [0.25, 0.3) is 0 Å². The summed E-state index contributed by atoms with van der Waals surface area (Å²) in [5, 5.41) is 3.27. The lowest BCUT2D eigenvalue weighted by Gasteiger charge is -2.24. The van der Waals surface area contributed by atoms with Crippen LogP contribution in [0.1, 0.15) is 12.0 Å². The third-order valence-corrected chi connectivity index (χ3v) is 4.44. The minimum atomic E-state index is -0.412. The van der Waals surface area contributed by atoms with Crippen molar-refractivity contribution in [3.8, 4) is 11.5 Å². The van der Waals surface area contributed by atoms with E-state index in [1.54, 1.807) is 37.6 Å². The van der Waals surface area contributed by atoms with Crippen molar-refractivity contribution in [2.24, 2.45) is 10.9 Å². The first-order valence-corrected chi connectivity index (χ1v) is 9.01. The fourth-order valence-electron chi connectivity index (χ4n) is 3.04. The van der Waals surface area contributed by atoms with E-state index in [1.165, 1.54) is 6.07 Å². The predicted octanol–water partition coefficient (Wildman–Crippen LogP) is 3.06. The van der Waals surface area contributed by atoms with Crippen LogP contribution in [0.3, 0.4) is 0 Å². The number of nitrogens with one attached hydrogen (secondary N) is 1. The van der Waals surface area contributed by atoms with Gasteiger partial charge in [-0.25, -0.2) is 4.39 Å². The molecule has 2 heterocycles. The fourth-order valence-corrected chi connectivity index (χ4v) is 3.04. The summed E-state index contributed by atoms with van der Waals surface area (Å²) in [6.07, 6.45) is 4.26. The zero-order chi connectivity index (χ0) is 19.1. The Morgan fingerprint density at radius 3 is 3.00 bits per heavy atom. The quantitative estimate of drug-likeness (QED) is 0.624. The molecule has 1 aromatic carbocycles. The molecule has 0 bridgehead atoms. The molecular formula is C20H25FN4O2. The third kappa shape index (κ3) is 5.40. The van der Waals surface area contributed by atoms with Crippen molar-refractivity contribution >= 4 is 5.96 Å². The molecule has 1 aliphatic heterocycles. The normalized spacial score (nSPS) is 17.0. The maximum absolute atomic E-state index is 14.3. The van der Waals surface area contributed by atoms with Gasteiger partial charge in [0, 0.05) is 45.9 Å². The number of aliphatic imine (C=N–C) groups is 1. The molecule has 0 radical (unpaired) electrons. The zero-order valence-corrected chi connectivity index (χ0v) is 15.7. The molecule has 27 heavy (non-hydrogen) atoms. The number of pyridine rings is 1. The SMILES string of the molecule is CN=C(NCc1ccc(Oc2cccnc2)c(F)c1)N(C)CC1CCOC1. The van der Waals surface area contributed by atoms with Gasteiger partial charge in [-0.05, 0) is 36.2 Å². The van der Waals surface area contributed by atoms with E-state index in [0.29, 0.717) is 18.2 Å². The van der Waals surface area contributed by atoms with Crippen molar-refractivity contribution in [3.05, 3.63) is 54.1 Å². The number of guanidine groups is 1. The van der Waals surface area contributed by atoms with Crippen molar-refractivity contribution in [1.82, 2.24) is 15.2 Å². The zero-order valence-electron chi connectivity index (χ0n) is 15.7. The van der Waals surface area contributed by atoms with Gasteiger partial charge < -0.3 is 19.7 Å². The standard InChI is InChI=1S/C20H25FN4O2/c1-22-20(25(2)13-16-7-9-26-14-16)24-11-15-5-6-19(18(21)10-15)27-17-4-3-8-23-12-17/h3-6,8,10,12,16H,7,9,11,13-14H2,1-2H3,(H,22,24). The van der Waals surface area contributed by atoms with Gasteiger partial charge in [-0.2, -0.15) is 0 Å². The number of hydrogen-bond donors (Lipinski definition) is 1. The van der Waals surface area contributed by atoms with E-state index in [2.05, 4.69) is 20.2 Å². The molecule has 2 aromatic rings. The molecule has 6 nitrogen and oxygen atoms in total. The molecule has 1 saturated heterocycles. The Bertz CT molecular complexity index is 764. The summed E-state index contributed by atoms with van der Waals surface area (Å²) in [5.74, 6) is 1.56. The topological polar surface area (TPSA) is 59.0 Å². The largest absolute Gasteiger partial charge is 0.453 e. The van der Waals surface area contributed by atoms with Gasteiger partial charge in [-0.15, -0.1) is 0 Å². The highest BCUT2D eigenvalue weighted by Gasteiger charge is 2.19. The van der Waals surface area contributed by atoms with Crippen LogP contribution >= 0.6 is 0 Å². The van der Waals surface area contributed by atoms with Crippen LogP contribution in [0.25, 0.3) is 0 Å². The lowest BCUT2D eigenvalue weighted by Crippen LogP contribution is -2.41. The van der Waals surface area contributed by atoms with Gasteiger partial charge in [0.2, 0.25) is 0 Å². The average Bonchev–Trinajstić information content (AvgIpc) is 3.18. The number of hydrogen-bond acceptors (Lipinski definition) is 4. The molecule has 0 aliphatic carbocycles. The maximum Gasteiger partial charge on any atom is 0.193 e. The predicted molar refractivity (Wildman–Crippen MR) is 102 cm³/mol. The van der Waals surface area contributed by atoms with E-state index >= 15 is 0 Å². The van der Waals surface area contributed by atoms with Crippen molar-refractivity contribution in [1.29, 1.82) is 0 Å². The summed E-state index contributed by atoms with van der Waals surface area (Å²) in [6, 6.07) is 8.40. The molecule has 1 N–H and O–H groups in total. The maximum atomic E-state index is 14.3. The van der Waals surface area contributed by atoms with E-state index in [-0.39, 0.29) is 5.75 Å². The molecule has 1 aromatic heterocycles. The summed E-state index contributed by atoms with van der Waals surface area (Å²) >= 11 is 0. The fraction of sp³-hybridized carbons (Fsp3) is 0.400. The third-order valence-electron chi connectivity index (χ3n) is 4.44. The second-order valence-electron chi connectivity index (χ2n) is 6.57. The van der Waals surface area contributed by atoms with E-state index in [4.69, 9.17) is 9.47 Å². The molecule has 1 fully saturated rings. The van der Waals surface area contributed by atoms with Crippen LogP contribution in [0.15, 0.2) is 47.7 Å². The lowest BCUT2D eigenvalue weighted by atomic mass is 10.1. The molecule has 144 valence electrons. The number of nitrogens with zero attached hydrogens (tertiary/aromatic N) is 3. The van der Waals surface area contributed by atoms with Crippen LogP contribution < -0.4 is 10.1 Å². The van der Waals surface area contributed by atoms with Gasteiger partial charge >= 0.3 is 0 Å². The molecule has 0 spiro atoms. The number of halogens is 1. The average molecular weight is 372 g/mol. The highest BCUT2D eigenvalue weighted by atomic mass is 19.1. The number of aromatic nitrogens is 1. The van der Waals surface area contributed by atoms with Gasteiger partial charge in [-0.1, -0.05) is 6.07 Å². The van der Waals surface area contributed by atoms with E-state index in [9.17, 15) is 4.39 Å². The Hall–Kier alpha value is -2.67. The highest BCUT2D eigenvalue weighted by molar-refractivity contribution is 5.79. The molecule has 0 amide bonds. The first kappa shape index (κ1) is 19.1. The summed E-state index contributed by atoms with van der Waals surface area (Å²) in [4.78, 5) is 10.3. The van der Waals surface area contributed by atoms with Crippen LogP contribution in [0.2, 0.25) is 0 Å². The van der Waals surface area contributed by atoms with Crippen LogP contribution in [-0.2, 0) is 11.3 Å². The van der Waals surface area contributed by atoms with E-state index < -0.39 is 5.82 Å². The number of ether oxygens (including phenoxy) is 2. The minimum absolute atomic E-state index is 0.175. The van der Waals surface area contributed by atoms with E-state index in [0.717, 1.165) is 37.7 Å². The lowest BCUT2D eigenvalue weighted by molar-refractivity contribution is 0.181. The molecule has 1 unspecified atom stereocenters. The Morgan fingerprint density at radius 2 is 2.33 bits per heavy atom. The smallest absolute Gasteiger partial charge is 0.193 e. The van der Waals surface area contributed by atoms with Crippen LogP contribution in [0.4, 0.5) is 4.39 Å². The monoisotopic (exact) mass is 372 g/mol. The number of rotatable bonds is 6. The van der Waals surface area contributed by atoms with Gasteiger partial charge in [0.05, 0.1) is 12.8 Å². The second-order valence-corrected chi connectivity index (χ2v) is 6.57. The Morgan fingerprint density at radius 1 is 1.44 bits per heavy atom. The molecule has 1 aliphatic rings. The minimum Gasteiger partial charge on any atom is -0.453 e. The molecule has 1 atom stereocenters. The van der Waals surface area contributed by atoms with Crippen molar-refractivity contribution in [2.45, 2.75) is 13.0 Å². The van der Waals surface area contributed by atoms with Crippen molar-refractivity contribution in [2.75, 3.05) is 33.9 Å². The summed E-state index contributed by atoms with van der Waals surface area (Å²) < 4.78 is 25.3. The number of benzene rings is 1. The second kappa shape index (κ2) is 9.32.